The summed E-state index contributed by atoms with van der Waals surface area (Å²) in [6.07, 6.45) is 4.89. The third-order valence-corrected chi connectivity index (χ3v) is 5.44. The first-order chi connectivity index (χ1) is 11.7. The second kappa shape index (κ2) is 5.16. The molecule has 0 bridgehead atoms. The van der Waals surface area contributed by atoms with Gasteiger partial charge in [-0.1, -0.05) is 11.6 Å². The van der Waals surface area contributed by atoms with E-state index in [1.165, 1.54) is 33.3 Å². The maximum atomic E-state index is 6.53. The standard InChI is InChI=1S/C20H21N3O/c1-13-3-4-17-16(11-13)15-7-10-22(2)20-19(15)23(17)12-18(24-20)14-5-8-21-9-6-14/h3-6,8-9,11,18,20H,7,10,12H2,1-2H3. The Hall–Kier alpha value is -2.17. The van der Waals surface area contributed by atoms with Crippen LogP contribution in [0.15, 0.2) is 42.7 Å². The maximum Gasteiger partial charge on any atom is 0.152 e. The van der Waals surface area contributed by atoms with Crippen molar-refractivity contribution in [2.75, 3.05) is 13.6 Å². The summed E-state index contributed by atoms with van der Waals surface area (Å²) >= 11 is 0. The van der Waals surface area contributed by atoms with Crippen molar-refractivity contribution in [3.05, 3.63) is 65.1 Å². The summed E-state index contributed by atoms with van der Waals surface area (Å²) in [6.45, 7) is 4.07. The molecule has 2 aliphatic heterocycles. The van der Waals surface area contributed by atoms with Gasteiger partial charge in [0.05, 0.1) is 12.2 Å². The molecule has 1 aromatic carbocycles. The maximum absolute atomic E-state index is 6.53. The van der Waals surface area contributed by atoms with E-state index in [1.54, 1.807) is 0 Å². The number of hydrogen-bond donors (Lipinski definition) is 0. The molecule has 3 aromatic rings. The molecule has 0 aliphatic carbocycles. The molecule has 4 heteroatoms. The predicted octanol–water partition coefficient (Wildman–Crippen LogP) is 3.60. The second-order valence-electron chi connectivity index (χ2n) is 6.98. The summed E-state index contributed by atoms with van der Waals surface area (Å²) in [7, 11) is 2.16. The highest BCUT2D eigenvalue weighted by molar-refractivity contribution is 5.87. The summed E-state index contributed by atoms with van der Waals surface area (Å²) in [6, 6.07) is 11.0. The van der Waals surface area contributed by atoms with E-state index in [4.69, 9.17) is 4.74 Å². The van der Waals surface area contributed by atoms with Gasteiger partial charge >= 0.3 is 0 Å². The van der Waals surface area contributed by atoms with Gasteiger partial charge in [0.15, 0.2) is 6.23 Å². The van der Waals surface area contributed by atoms with Gasteiger partial charge in [0.25, 0.3) is 0 Å². The zero-order valence-corrected chi connectivity index (χ0v) is 14.1. The molecule has 0 saturated carbocycles. The van der Waals surface area contributed by atoms with Gasteiger partial charge in [0, 0.05) is 29.8 Å². The fourth-order valence-corrected chi connectivity index (χ4v) is 4.21. The normalized spacial score (nSPS) is 23.4. The molecule has 2 atom stereocenters. The molecule has 0 N–H and O–H groups in total. The van der Waals surface area contributed by atoms with Crippen LogP contribution in [-0.2, 0) is 17.7 Å². The number of aryl methyl sites for hydroxylation is 1. The SMILES string of the molecule is Cc1ccc2c(c1)c1c3n2CC(c2ccncc2)OC3N(C)CC1. The highest BCUT2D eigenvalue weighted by Crippen LogP contribution is 2.44. The fourth-order valence-electron chi connectivity index (χ4n) is 4.21. The van der Waals surface area contributed by atoms with Crippen LogP contribution in [0.4, 0.5) is 0 Å². The number of nitrogens with zero attached hydrogens (tertiary/aromatic N) is 3. The molecule has 2 aromatic heterocycles. The molecule has 122 valence electrons. The van der Waals surface area contributed by atoms with Crippen molar-refractivity contribution in [3.8, 4) is 0 Å². The Bertz CT molecular complexity index is 916. The van der Waals surface area contributed by atoms with Crippen LogP contribution in [0.5, 0.6) is 0 Å². The van der Waals surface area contributed by atoms with Crippen molar-refractivity contribution in [1.29, 1.82) is 0 Å². The molecule has 2 aliphatic rings. The summed E-state index contributed by atoms with van der Waals surface area (Å²) in [5, 5.41) is 1.40. The zero-order chi connectivity index (χ0) is 16.3. The minimum Gasteiger partial charge on any atom is -0.347 e. The lowest BCUT2D eigenvalue weighted by molar-refractivity contribution is -0.126. The number of pyridine rings is 1. The quantitative estimate of drug-likeness (QED) is 0.686. The Morgan fingerprint density at radius 2 is 2.00 bits per heavy atom. The molecule has 2 unspecified atom stereocenters. The number of benzene rings is 1. The van der Waals surface area contributed by atoms with E-state index in [0.29, 0.717) is 0 Å². The molecular formula is C20H21N3O. The first-order valence-corrected chi connectivity index (χ1v) is 8.59. The van der Waals surface area contributed by atoms with Crippen LogP contribution in [0.25, 0.3) is 10.9 Å². The van der Waals surface area contributed by atoms with Crippen LogP contribution in [0.2, 0.25) is 0 Å². The van der Waals surface area contributed by atoms with Crippen LogP contribution < -0.4 is 0 Å². The Labute approximate surface area is 141 Å². The van der Waals surface area contributed by atoms with Crippen LogP contribution in [0.1, 0.15) is 34.7 Å². The Morgan fingerprint density at radius 3 is 2.83 bits per heavy atom. The molecule has 0 amide bonds. The minimum atomic E-state index is 0.0355. The number of rotatable bonds is 1. The van der Waals surface area contributed by atoms with Gasteiger partial charge in [-0.2, -0.15) is 0 Å². The van der Waals surface area contributed by atoms with Gasteiger partial charge in [-0.15, -0.1) is 0 Å². The van der Waals surface area contributed by atoms with Gasteiger partial charge in [-0.3, -0.25) is 9.88 Å². The number of ether oxygens (including phenoxy) is 1. The van der Waals surface area contributed by atoms with Crippen molar-refractivity contribution in [1.82, 2.24) is 14.5 Å². The van der Waals surface area contributed by atoms with Gasteiger partial charge in [0.1, 0.15) is 6.10 Å². The smallest absolute Gasteiger partial charge is 0.152 e. The molecule has 0 spiro atoms. The van der Waals surface area contributed by atoms with Crippen molar-refractivity contribution >= 4 is 10.9 Å². The summed E-state index contributed by atoms with van der Waals surface area (Å²) in [4.78, 5) is 6.47. The second-order valence-corrected chi connectivity index (χ2v) is 6.98. The molecule has 24 heavy (non-hydrogen) atoms. The molecule has 0 radical (unpaired) electrons. The molecule has 4 nitrogen and oxygen atoms in total. The third kappa shape index (κ3) is 1.96. The van der Waals surface area contributed by atoms with E-state index in [1.807, 2.05) is 12.4 Å². The van der Waals surface area contributed by atoms with E-state index in [2.05, 4.69) is 58.8 Å². The Balaban J connectivity index is 1.72. The Kier molecular flexibility index (Phi) is 3.05. The number of fused-ring (bicyclic) bond motifs is 3. The topological polar surface area (TPSA) is 30.3 Å². The summed E-state index contributed by atoms with van der Waals surface area (Å²) in [5.74, 6) is 0. The number of aromatic nitrogens is 2. The van der Waals surface area contributed by atoms with Crippen molar-refractivity contribution in [2.45, 2.75) is 32.2 Å². The van der Waals surface area contributed by atoms with Crippen LogP contribution in [0.3, 0.4) is 0 Å². The largest absolute Gasteiger partial charge is 0.347 e. The lowest BCUT2D eigenvalue weighted by Gasteiger charge is -2.40. The average molecular weight is 319 g/mol. The van der Waals surface area contributed by atoms with Crippen molar-refractivity contribution in [3.63, 3.8) is 0 Å². The first kappa shape index (κ1) is 14.2. The van der Waals surface area contributed by atoms with Gasteiger partial charge < -0.3 is 9.30 Å². The van der Waals surface area contributed by atoms with Crippen LogP contribution in [-0.4, -0.2) is 28.0 Å². The van der Waals surface area contributed by atoms with E-state index in [-0.39, 0.29) is 12.3 Å². The van der Waals surface area contributed by atoms with Gasteiger partial charge in [0.2, 0.25) is 0 Å². The molecule has 0 saturated heterocycles. The lowest BCUT2D eigenvalue weighted by Crippen LogP contribution is -2.39. The highest BCUT2D eigenvalue weighted by atomic mass is 16.5. The van der Waals surface area contributed by atoms with E-state index in [0.717, 1.165) is 19.5 Å². The molecule has 4 heterocycles. The molecule has 0 fully saturated rings. The van der Waals surface area contributed by atoms with Gasteiger partial charge in [-0.05, 0) is 55.8 Å². The zero-order valence-electron chi connectivity index (χ0n) is 14.1. The van der Waals surface area contributed by atoms with Crippen LogP contribution >= 0.6 is 0 Å². The minimum absolute atomic E-state index is 0.0355. The molecule has 5 rings (SSSR count). The average Bonchev–Trinajstić information content (AvgIpc) is 2.92. The van der Waals surface area contributed by atoms with E-state index < -0.39 is 0 Å². The third-order valence-electron chi connectivity index (χ3n) is 5.44. The van der Waals surface area contributed by atoms with Crippen LogP contribution in [0, 0.1) is 6.92 Å². The first-order valence-electron chi connectivity index (χ1n) is 8.59. The number of hydrogen-bond acceptors (Lipinski definition) is 3. The summed E-state index contributed by atoms with van der Waals surface area (Å²) < 4.78 is 9.01. The Morgan fingerprint density at radius 1 is 1.17 bits per heavy atom. The van der Waals surface area contributed by atoms with E-state index in [9.17, 15) is 0 Å². The predicted molar refractivity (Wildman–Crippen MR) is 93.8 cm³/mol. The van der Waals surface area contributed by atoms with Crippen molar-refractivity contribution < 1.29 is 4.74 Å². The van der Waals surface area contributed by atoms with E-state index >= 15 is 0 Å². The number of likely N-dealkylation sites (N-methyl/N-ethyl adjacent to an activating group) is 1. The van der Waals surface area contributed by atoms with Crippen molar-refractivity contribution in [2.24, 2.45) is 0 Å². The highest BCUT2D eigenvalue weighted by Gasteiger charge is 2.37. The summed E-state index contributed by atoms with van der Waals surface area (Å²) in [5.41, 5.74) is 6.70. The lowest BCUT2D eigenvalue weighted by atomic mass is 10.0. The molecular weight excluding hydrogens is 298 g/mol. The monoisotopic (exact) mass is 319 g/mol. The fraction of sp³-hybridized carbons (Fsp3) is 0.350. The van der Waals surface area contributed by atoms with Gasteiger partial charge in [-0.25, -0.2) is 0 Å².